The third-order valence-corrected chi connectivity index (χ3v) is 3.92. The lowest BCUT2D eigenvalue weighted by Gasteiger charge is -2.08. The first-order chi connectivity index (χ1) is 10.1. The number of hydrogen-bond acceptors (Lipinski definition) is 2. The lowest BCUT2D eigenvalue weighted by Crippen LogP contribution is -2.13. The van der Waals surface area contributed by atoms with Crippen LogP contribution in [0.4, 0.5) is 0 Å². The minimum absolute atomic E-state index is 0.152. The minimum Gasteiger partial charge on any atom is -0.298 e. The number of benzene rings is 2. The number of rotatable bonds is 2. The summed E-state index contributed by atoms with van der Waals surface area (Å²) >= 11 is 6.26. The maximum absolute atomic E-state index is 12.8. The van der Waals surface area contributed by atoms with E-state index >= 15 is 0 Å². The Morgan fingerprint density at radius 3 is 2.48 bits per heavy atom. The molecule has 0 aliphatic rings. The van der Waals surface area contributed by atoms with Crippen LogP contribution < -0.4 is 0 Å². The largest absolute Gasteiger partial charge is 0.298 e. The highest BCUT2D eigenvalue weighted by atomic mass is 35.5. The van der Waals surface area contributed by atoms with E-state index in [2.05, 4.69) is 0 Å². The van der Waals surface area contributed by atoms with E-state index in [1.807, 2.05) is 31.2 Å². The zero-order valence-corrected chi connectivity index (χ0v) is 12.1. The Morgan fingerprint density at radius 1 is 1.10 bits per heavy atom. The Hall–Kier alpha value is -2.39. The van der Waals surface area contributed by atoms with Crippen LogP contribution in [0.3, 0.4) is 0 Å². The van der Waals surface area contributed by atoms with Gasteiger partial charge in [0, 0.05) is 10.9 Å². The summed E-state index contributed by atoms with van der Waals surface area (Å²) in [6, 6.07) is 14.5. The monoisotopic (exact) mass is 297 g/mol. The van der Waals surface area contributed by atoms with Crippen LogP contribution >= 0.6 is 11.6 Å². The average molecular weight is 298 g/mol. The maximum Gasteiger partial charge on any atom is 0.263 e. The van der Waals surface area contributed by atoms with Gasteiger partial charge in [0.15, 0.2) is 6.29 Å². The van der Waals surface area contributed by atoms with Crippen molar-refractivity contribution >= 4 is 34.7 Å². The van der Waals surface area contributed by atoms with Crippen LogP contribution in [-0.2, 0) is 0 Å². The van der Waals surface area contributed by atoms with E-state index in [0.717, 1.165) is 5.56 Å². The number of aldehydes is 1. The summed E-state index contributed by atoms with van der Waals surface area (Å²) in [4.78, 5) is 24.1. The number of carbonyl (C=O) groups excluding carboxylic acids is 2. The van der Waals surface area contributed by atoms with Crippen LogP contribution in [0.5, 0.6) is 0 Å². The first-order valence-electron chi connectivity index (χ1n) is 6.49. The van der Waals surface area contributed by atoms with Crippen molar-refractivity contribution in [3.63, 3.8) is 0 Å². The summed E-state index contributed by atoms with van der Waals surface area (Å²) in [6.07, 6.45) is 0.687. The van der Waals surface area contributed by atoms with Gasteiger partial charge in [-0.05, 0) is 24.6 Å². The van der Waals surface area contributed by atoms with Crippen molar-refractivity contribution in [1.82, 2.24) is 4.57 Å². The molecule has 0 aliphatic heterocycles. The highest BCUT2D eigenvalue weighted by Gasteiger charge is 2.21. The number of aryl methyl sites for hydroxylation is 1. The van der Waals surface area contributed by atoms with Gasteiger partial charge in [0.1, 0.15) is 5.15 Å². The summed E-state index contributed by atoms with van der Waals surface area (Å²) in [6.45, 7) is 1.87. The predicted octanol–water partition coefficient (Wildman–Crippen LogP) is 4.10. The van der Waals surface area contributed by atoms with Crippen molar-refractivity contribution in [2.24, 2.45) is 0 Å². The van der Waals surface area contributed by atoms with Gasteiger partial charge in [-0.15, -0.1) is 0 Å². The molecule has 0 radical (unpaired) electrons. The quantitative estimate of drug-likeness (QED) is 0.668. The van der Waals surface area contributed by atoms with Gasteiger partial charge < -0.3 is 0 Å². The Labute approximate surface area is 126 Å². The maximum atomic E-state index is 12.8. The van der Waals surface area contributed by atoms with Crippen molar-refractivity contribution in [2.45, 2.75) is 6.92 Å². The molecule has 3 nitrogen and oxygen atoms in total. The fourth-order valence-corrected chi connectivity index (χ4v) is 2.79. The first kappa shape index (κ1) is 13.6. The van der Waals surface area contributed by atoms with Crippen molar-refractivity contribution in [1.29, 1.82) is 0 Å². The molecule has 21 heavy (non-hydrogen) atoms. The molecule has 4 heteroatoms. The van der Waals surface area contributed by atoms with E-state index in [-0.39, 0.29) is 11.1 Å². The summed E-state index contributed by atoms with van der Waals surface area (Å²) in [7, 11) is 0. The molecule has 3 rings (SSSR count). The Kier molecular flexibility index (Phi) is 3.35. The van der Waals surface area contributed by atoms with Crippen LogP contribution in [0.2, 0.25) is 5.15 Å². The van der Waals surface area contributed by atoms with Crippen molar-refractivity contribution < 1.29 is 9.59 Å². The second-order valence-corrected chi connectivity index (χ2v) is 5.15. The molecule has 0 saturated carbocycles. The smallest absolute Gasteiger partial charge is 0.263 e. The van der Waals surface area contributed by atoms with Crippen LogP contribution in [-0.4, -0.2) is 16.8 Å². The van der Waals surface area contributed by atoms with Crippen LogP contribution in [0.25, 0.3) is 10.9 Å². The number of carbonyl (C=O) groups is 2. The van der Waals surface area contributed by atoms with Crippen LogP contribution in [0.1, 0.15) is 26.3 Å². The number of hydrogen-bond donors (Lipinski definition) is 0. The summed E-state index contributed by atoms with van der Waals surface area (Å²) < 4.78 is 1.39. The minimum atomic E-state index is -0.234. The SMILES string of the molecule is Cc1ccccc1C(=O)n1c(Cl)c(C=O)c2ccccc21. The molecule has 0 spiro atoms. The number of halogens is 1. The van der Waals surface area contributed by atoms with Crippen molar-refractivity contribution in [3.05, 3.63) is 70.4 Å². The summed E-state index contributed by atoms with van der Waals surface area (Å²) in [5, 5.41) is 0.832. The van der Waals surface area contributed by atoms with Gasteiger partial charge in [-0.25, -0.2) is 0 Å². The van der Waals surface area contributed by atoms with E-state index in [4.69, 9.17) is 11.6 Å². The normalized spacial score (nSPS) is 10.8. The number of nitrogens with zero attached hydrogens (tertiary/aromatic N) is 1. The van der Waals surface area contributed by atoms with Gasteiger partial charge in [-0.3, -0.25) is 14.2 Å². The molecule has 0 unspecified atom stereocenters. The number of fused-ring (bicyclic) bond motifs is 1. The molecule has 0 bridgehead atoms. The Morgan fingerprint density at radius 2 is 1.76 bits per heavy atom. The fraction of sp³-hybridized carbons (Fsp3) is 0.0588. The summed E-state index contributed by atoms with van der Waals surface area (Å²) in [5.41, 5.74) is 2.41. The Balaban J connectivity index is 2.31. The fourth-order valence-electron chi connectivity index (χ4n) is 2.48. The van der Waals surface area contributed by atoms with E-state index < -0.39 is 0 Å². The standard InChI is InChI=1S/C17H12ClNO2/c1-11-6-2-3-7-12(11)17(21)19-15-9-5-4-8-13(15)14(10-20)16(19)18/h2-10H,1H3. The predicted molar refractivity (Wildman–Crippen MR) is 83.2 cm³/mol. The van der Waals surface area contributed by atoms with Gasteiger partial charge in [0.25, 0.3) is 5.91 Å². The molecule has 2 aromatic carbocycles. The van der Waals surface area contributed by atoms with E-state index in [0.29, 0.717) is 28.3 Å². The number of para-hydroxylation sites is 1. The van der Waals surface area contributed by atoms with Crippen molar-refractivity contribution in [2.75, 3.05) is 0 Å². The molecule has 0 aliphatic carbocycles. The Bertz CT molecular complexity index is 864. The zero-order chi connectivity index (χ0) is 15.0. The lowest BCUT2D eigenvalue weighted by molar-refractivity contribution is 0.0964. The second-order valence-electron chi connectivity index (χ2n) is 4.79. The average Bonchev–Trinajstić information content (AvgIpc) is 2.78. The van der Waals surface area contributed by atoms with Crippen molar-refractivity contribution in [3.8, 4) is 0 Å². The van der Waals surface area contributed by atoms with Gasteiger partial charge in [0.2, 0.25) is 0 Å². The lowest BCUT2D eigenvalue weighted by atomic mass is 10.1. The highest BCUT2D eigenvalue weighted by molar-refractivity contribution is 6.36. The third kappa shape index (κ3) is 2.06. The molecule has 1 aromatic heterocycles. The van der Waals surface area contributed by atoms with Gasteiger partial charge >= 0.3 is 0 Å². The highest BCUT2D eigenvalue weighted by Crippen LogP contribution is 2.29. The second kappa shape index (κ2) is 5.19. The molecular formula is C17H12ClNO2. The molecular weight excluding hydrogens is 286 g/mol. The van der Waals surface area contributed by atoms with Crippen LogP contribution in [0.15, 0.2) is 48.5 Å². The van der Waals surface area contributed by atoms with Gasteiger partial charge in [-0.2, -0.15) is 0 Å². The third-order valence-electron chi connectivity index (χ3n) is 3.55. The van der Waals surface area contributed by atoms with E-state index in [1.54, 1.807) is 24.3 Å². The first-order valence-corrected chi connectivity index (χ1v) is 6.87. The van der Waals surface area contributed by atoms with Crippen LogP contribution in [0, 0.1) is 6.92 Å². The van der Waals surface area contributed by atoms with Gasteiger partial charge in [0.05, 0.1) is 11.1 Å². The molecule has 104 valence electrons. The zero-order valence-electron chi connectivity index (χ0n) is 11.3. The van der Waals surface area contributed by atoms with E-state index in [1.165, 1.54) is 4.57 Å². The van der Waals surface area contributed by atoms with Gasteiger partial charge in [-0.1, -0.05) is 48.0 Å². The molecule has 0 amide bonds. The molecule has 0 atom stereocenters. The summed E-state index contributed by atoms with van der Waals surface area (Å²) in [5.74, 6) is -0.234. The molecule has 0 N–H and O–H groups in total. The topological polar surface area (TPSA) is 39.1 Å². The molecule has 0 saturated heterocycles. The molecule has 1 heterocycles. The van der Waals surface area contributed by atoms with E-state index in [9.17, 15) is 9.59 Å². The molecule has 0 fully saturated rings. The number of aromatic nitrogens is 1. The molecule has 3 aromatic rings.